The van der Waals surface area contributed by atoms with Crippen LogP contribution in [0.1, 0.15) is 25.5 Å². The number of ether oxygens (including phenoxy) is 3. The van der Waals surface area contributed by atoms with Gasteiger partial charge in [0.25, 0.3) is 0 Å². The summed E-state index contributed by atoms with van der Waals surface area (Å²) in [5, 5.41) is 0.810. The number of carbonyl (C=O) groups excluding carboxylic acids is 1. The van der Waals surface area contributed by atoms with E-state index < -0.39 is 6.04 Å². The van der Waals surface area contributed by atoms with E-state index >= 15 is 0 Å². The van der Waals surface area contributed by atoms with Crippen molar-refractivity contribution in [1.29, 1.82) is 0 Å². The standard InChI is InChI=1S/C22H22N2O4S/c1-4-26-21(25)19-14(2)24(16-8-6-5-7-9-16)22(29-3)23-20(19)15-10-11-17-18(12-15)28-13-27-17/h5-12,20H,4,13H2,1-3H3/t20-/m0/s1. The van der Waals surface area contributed by atoms with Gasteiger partial charge in [0.2, 0.25) is 6.79 Å². The maximum atomic E-state index is 13.0. The Balaban J connectivity index is 1.84. The SMILES string of the molecule is CCOC(=O)C1=C(C)N(c2ccccc2)C(SC)=N[C@H]1c1ccc2c(c1)OCO2. The van der Waals surface area contributed by atoms with Gasteiger partial charge < -0.3 is 14.2 Å². The average Bonchev–Trinajstić information content (AvgIpc) is 3.21. The van der Waals surface area contributed by atoms with Crippen LogP contribution in [0.15, 0.2) is 64.8 Å². The summed E-state index contributed by atoms with van der Waals surface area (Å²) in [6.07, 6.45) is 1.98. The van der Waals surface area contributed by atoms with Crippen molar-refractivity contribution in [2.24, 2.45) is 4.99 Å². The predicted octanol–water partition coefficient (Wildman–Crippen LogP) is 4.53. The molecular weight excluding hydrogens is 388 g/mol. The molecule has 2 aromatic carbocycles. The molecule has 0 amide bonds. The van der Waals surface area contributed by atoms with Crippen molar-refractivity contribution in [3.63, 3.8) is 0 Å². The van der Waals surface area contributed by atoms with E-state index in [1.54, 1.807) is 6.92 Å². The molecule has 1 atom stereocenters. The van der Waals surface area contributed by atoms with Crippen LogP contribution in [0, 0.1) is 0 Å². The Bertz CT molecular complexity index is 988. The minimum atomic E-state index is -0.481. The molecular formula is C22H22N2O4S. The molecule has 0 aliphatic carbocycles. The number of esters is 1. The summed E-state index contributed by atoms with van der Waals surface area (Å²) >= 11 is 1.54. The van der Waals surface area contributed by atoms with Crippen LogP contribution in [0.25, 0.3) is 0 Å². The van der Waals surface area contributed by atoms with E-state index in [1.165, 1.54) is 11.8 Å². The number of benzene rings is 2. The fourth-order valence-corrected chi connectivity index (χ4v) is 4.15. The first kappa shape index (κ1) is 19.4. The van der Waals surface area contributed by atoms with E-state index in [2.05, 4.69) is 0 Å². The van der Waals surface area contributed by atoms with Crippen LogP contribution in [0.5, 0.6) is 11.5 Å². The highest BCUT2D eigenvalue weighted by Crippen LogP contribution is 2.42. The summed E-state index contributed by atoms with van der Waals surface area (Å²) in [6.45, 7) is 4.24. The minimum Gasteiger partial charge on any atom is -0.463 e. The Morgan fingerprint density at radius 1 is 1.21 bits per heavy atom. The molecule has 0 fully saturated rings. The highest BCUT2D eigenvalue weighted by Gasteiger charge is 2.35. The van der Waals surface area contributed by atoms with Gasteiger partial charge in [-0.2, -0.15) is 0 Å². The molecule has 2 aromatic rings. The number of nitrogens with zero attached hydrogens (tertiary/aromatic N) is 2. The van der Waals surface area contributed by atoms with Crippen molar-refractivity contribution in [3.8, 4) is 11.5 Å². The van der Waals surface area contributed by atoms with E-state index in [9.17, 15) is 4.79 Å². The molecule has 2 aliphatic rings. The maximum Gasteiger partial charge on any atom is 0.338 e. The highest BCUT2D eigenvalue weighted by atomic mass is 32.2. The lowest BCUT2D eigenvalue weighted by atomic mass is 9.95. The van der Waals surface area contributed by atoms with Crippen LogP contribution in [0.2, 0.25) is 0 Å². The summed E-state index contributed by atoms with van der Waals surface area (Å²) < 4.78 is 16.3. The summed E-state index contributed by atoms with van der Waals surface area (Å²) in [4.78, 5) is 19.9. The smallest absolute Gasteiger partial charge is 0.338 e. The molecule has 0 unspecified atom stereocenters. The number of fused-ring (bicyclic) bond motifs is 1. The third kappa shape index (κ3) is 3.58. The second-order valence-corrected chi connectivity index (χ2v) is 7.29. The number of anilines is 1. The number of allylic oxidation sites excluding steroid dienone is 1. The van der Waals surface area contributed by atoms with Gasteiger partial charge in [-0.15, -0.1) is 0 Å². The number of para-hydroxylation sites is 1. The molecule has 150 valence electrons. The zero-order valence-electron chi connectivity index (χ0n) is 16.5. The lowest BCUT2D eigenvalue weighted by Gasteiger charge is -2.34. The molecule has 29 heavy (non-hydrogen) atoms. The van der Waals surface area contributed by atoms with Crippen LogP contribution in [0.4, 0.5) is 5.69 Å². The monoisotopic (exact) mass is 410 g/mol. The second kappa shape index (κ2) is 8.21. The average molecular weight is 410 g/mol. The third-order valence-corrected chi connectivity index (χ3v) is 5.49. The van der Waals surface area contributed by atoms with Gasteiger partial charge in [0.05, 0.1) is 12.2 Å². The quantitative estimate of drug-likeness (QED) is 0.690. The van der Waals surface area contributed by atoms with Gasteiger partial charge in [-0.05, 0) is 49.9 Å². The van der Waals surface area contributed by atoms with Gasteiger partial charge in [0.1, 0.15) is 6.04 Å². The fourth-order valence-electron chi connectivity index (χ4n) is 3.51. The Morgan fingerprint density at radius 3 is 2.69 bits per heavy atom. The van der Waals surface area contributed by atoms with Crippen molar-refractivity contribution < 1.29 is 19.0 Å². The largest absolute Gasteiger partial charge is 0.463 e. The molecule has 0 bridgehead atoms. The summed E-state index contributed by atoms with van der Waals surface area (Å²) in [7, 11) is 0. The summed E-state index contributed by atoms with van der Waals surface area (Å²) in [5.41, 5.74) is 3.13. The topological polar surface area (TPSA) is 60.4 Å². The predicted molar refractivity (Wildman–Crippen MR) is 115 cm³/mol. The Morgan fingerprint density at radius 2 is 1.97 bits per heavy atom. The van der Waals surface area contributed by atoms with Gasteiger partial charge in [0, 0.05) is 11.4 Å². The van der Waals surface area contributed by atoms with Crippen molar-refractivity contribution in [2.45, 2.75) is 19.9 Å². The van der Waals surface area contributed by atoms with Crippen molar-refractivity contribution in [3.05, 3.63) is 65.4 Å². The summed E-state index contributed by atoms with van der Waals surface area (Å²) in [5.74, 6) is 0.996. The van der Waals surface area contributed by atoms with Crippen LogP contribution >= 0.6 is 11.8 Å². The zero-order valence-corrected chi connectivity index (χ0v) is 17.4. The Hall–Kier alpha value is -2.93. The first-order chi connectivity index (χ1) is 14.1. The van der Waals surface area contributed by atoms with E-state index in [1.807, 2.05) is 66.6 Å². The van der Waals surface area contributed by atoms with Crippen molar-refractivity contribution in [1.82, 2.24) is 0 Å². The minimum absolute atomic E-state index is 0.199. The van der Waals surface area contributed by atoms with Crippen LogP contribution in [0.3, 0.4) is 0 Å². The first-order valence-electron chi connectivity index (χ1n) is 9.38. The molecule has 0 spiro atoms. The Kier molecular flexibility index (Phi) is 5.49. The Labute approximate surface area is 174 Å². The van der Waals surface area contributed by atoms with Gasteiger partial charge in [0.15, 0.2) is 16.7 Å². The normalized spacial score (nSPS) is 18.0. The molecule has 2 heterocycles. The van der Waals surface area contributed by atoms with Crippen LogP contribution < -0.4 is 14.4 Å². The zero-order chi connectivity index (χ0) is 20.4. The lowest BCUT2D eigenvalue weighted by Crippen LogP contribution is -2.35. The number of amidine groups is 1. The molecule has 0 radical (unpaired) electrons. The van der Waals surface area contributed by atoms with E-state index in [0.717, 1.165) is 22.1 Å². The molecule has 2 aliphatic heterocycles. The van der Waals surface area contributed by atoms with Crippen molar-refractivity contribution in [2.75, 3.05) is 24.6 Å². The molecule has 6 nitrogen and oxygen atoms in total. The molecule has 4 rings (SSSR count). The van der Waals surface area contributed by atoms with Gasteiger partial charge in [-0.1, -0.05) is 36.0 Å². The lowest BCUT2D eigenvalue weighted by molar-refractivity contribution is -0.138. The van der Waals surface area contributed by atoms with E-state index in [4.69, 9.17) is 19.2 Å². The third-order valence-electron chi connectivity index (χ3n) is 4.83. The second-order valence-electron chi connectivity index (χ2n) is 6.52. The molecule has 0 saturated heterocycles. The molecule has 0 aromatic heterocycles. The fraction of sp³-hybridized carbons (Fsp3) is 0.273. The molecule has 0 saturated carbocycles. The first-order valence-corrected chi connectivity index (χ1v) is 10.6. The highest BCUT2D eigenvalue weighted by molar-refractivity contribution is 8.13. The van der Waals surface area contributed by atoms with E-state index in [0.29, 0.717) is 23.7 Å². The van der Waals surface area contributed by atoms with Crippen LogP contribution in [-0.2, 0) is 9.53 Å². The number of aliphatic imine (C=N–C) groups is 1. The molecule has 0 N–H and O–H groups in total. The van der Waals surface area contributed by atoms with Crippen molar-refractivity contribution >= 4 is 28.6 Å². The number of rotatable bonds is 4. The van der Waals surface area contributed by atoms with Gasteiger partial charge in [-0.25, -0.2) is 9.79 Å². The summed E-state index contributed by atoms with van der Waals surface area (Å²) in [6, 6.07) is 15.1. The number of carbonyl (C=O) groups is 1. The maximum absolute atomic E-state index is 13.0. The number of thioether (sulfide) groups is 1. The molecule has 7 heteroatoms. The van der Waals surface area contributed by atoms with Crippen LogP contribution in [-0.4, -0.2) is 30.8 Å². The number of hydrogen-bond acceptors (Lipinski definition) is 7. The van der Waals surface area contributed by atoms with Gasteiger partial charge in [-0.3, -0.25) is 4.90 Å². The van der Waals surface area contributed by atoms with Gasteiger partial charge >= 0.3 is 5.97 Å². The van der Waals surface area contributed by atoms with E-state index in [-0.39, 0.29) is 12.8 Å². The number of hydrogen-bond donors (Lipinski definition) is 0.